The number of ether oxygens (including phenoxy) is 1. The molecule has 18 heavy (non-hydrogen) atoms. The van der Waals surface area contributed by atoms with Crippen molar-refractivity contribution in [3.05, 3.63) is 0 Å². The molecule has 0 saturated heterocycles. The first kappa shape index (κ1) is 16.6. The molecular weight excluding hydrogens is 265 g/mol. The summed E-state index contributed by atoms with van der Waals surface area (Å²) in [6.07, 6.45) is -5.97. The number of hydrogen-bond donors (Lipinski definition) is 0. The van der Waals surface area contributed by atoms with Gasteiger partial charge in [-0.1, -0.05) is 6.92 Å². The molecule has 0 bridgehead atoms. The van der Waals surface area contributed by atoms with E-state index in [0.717, 1.165) is 14.2 Å². The van der Waals surface area contributed by atoms with Gasteiger partial charge in [0.1, 0.15) is 0 Å². The number of carbonyl (C=O) groups is 2. The second-order valence-electron chi connectivity index (χ2n) is 3.68. The van der Waals surface area contributed by atoms with Gasteiger partial charge >= 0.3 is 24.0 Å². The Morgan fingerprint density at radius 1 is 1.22 bits per heavy atom. The number of hydrogen-bond acceptors (Lipinski definition) is 3. The maximum Gasteiger partial charge on any atom is 0.463 e. The smallest absolute Gasteiger partial charge is 0.463 e. The van der Waals surface area contributed by atoms with Crippen LogP contribution in [0.3, 0.4) is 0 Å². The molecule has 106 valence electrons. The summed E-state index contributed by atoms with van der Waals surface area (Å²) >= 11 is 0. The maximum absolute atomic E-state index is 12.7. The number of amides is 1. The van der Waals surface area contributed by atoms with Gasteiger partial charge < -0.3 is 9.64 Å². The number of nitrogens with zero attached hydrogens (tertiary/aromatic N) is 1. The quantitative estimate of drug-likeness (QED) is 0.577. The number of methoxy groups -OCH3 is 1. The highest BCUT2D eigenvalue weighted by atomic mass is 19.4. The van der Waals surface area contributed by atoms with Crippen LogP contribution < -0.4 is 0 Å². The first-order chi connectivity index (χ1) is 7.95. The van der Waals surface area contributed by atoms with E-state index in [9.17, 15) is 31.5 Å². The zero-order valence-electron chi connectivity index (χ0n) is 9.85. The number of rotatable bonds is 4. The van der Waals surface area contributed by atoms with Gasteiger partial charge in [0.05, 0.1) is 13.0 Å². The molecule has 1 amide bonds. The van der Waals surface area contributed by atoms with Crippen molar-refractivity contribution in [1.82, 2.24) is 4.90 Å². The van der Waals surface area contributed by atoms with E-state index in [1.54, 1.807) is 0 Å². The summed E-state index contributed by atoms with van der Waals surface area (Å²) in [7, 11) is 1.78. The SMILES string of the molecule is COC(=O)C(C)CN(C)C(=O)C(F)(F)C(F)(F)F. The Hall–Kier alpha value is -1.41. The lowest BCUT2D eigenvalue weighted by atomic mass is 10.1. The zero-order valence-corrected chi connectivity index (χ0v) is 9.85. The highest BCUT2D eigenvalue weighted by Gasteiger charge is 2.64. The average Bonchev–Trinajstić information content (AvgIpc) is 2.24. The molecule has 0 fully saturated rings. The monoisotopic (exact) mass is 277 g/mol. The van der Waals surface area contributed by atoms with Gasteiger partial charge in [-0.25, -0.2) is 0 Å². The predicted octanol–water partition coefficient (Wildman–Crippen LogP) is 1.45. The molecule has 0 aliphatic heterocycles. The van der Waals surface area contributed by atoms with E-state index in [0.29, 0.717) is 0 Å². The molecule has 9 heteroatoms. The van der Waals surface area contributed by atoms with Gasteiger partial charge in [-0.3, -0.25) is 9.59 Å². The topological polar surface area (TPSA) is 46.6 Å². The summed E-state index contributed by atoms with van der Waals surface area (Å²) in [4.78, 5) is 22.1. The van der Waals surface area contributed by atoms with E-state index in [4.69, 9.17) is 0 Å². The van der Waals surface area contributed by atoms with Crippen LogP contribution in [-0.4, -0.2) is 49.6 Å². The molecule has 0 N–H and O–H groups in total. The van der Waals surface area contributed by atoms with Crippen LogP contribution in [0.1, 0.15) is 6.92 Å². The van der Waals surface area contributed by atoms with E-state index in [1.165, 1.54) is 6.92 Å². The van der Waals surface area contributed by atoms with Crippen molar-refractivity contribution in [2.45, 2.75) is 19.0 Å². The minimum Gasteiger partial charge on any atom is -0.469 e. The molecule has 0 aliphatic carbocycles. The van der Waals surface area contributed by atoms with E-state index >= 15 is 0 Å². The first-order valence-electron chi connectivity index (χ1n) is 4.73. The summed E-state index contributed by atoms with van der Waals surface area (Å²) in [6, 6.07) is 0. The fourth-order valence-electron chi connectivity index (χ4n) is 1.13. The molecule has 0 saturated carbocycles. The molecular formula is C9H12F5NO3. The number of esters is 1. The Morgan fingerprint density at radius 2 is 1.67 bits per heavy atom. The van der Waals surface area contributed by atoms with Crippen molar-refractivity contribution in [3.8, 4) is 0 Å². The summed E-state index contributed by atoms with van der Waals surface area (Å²) in [5.74, 6) is -9.71. The van der Waals surface area contributed by atoms with E-state index in [-0.39, 0.29) is 4.90 Å². The molecule has 0 rings (SSSR count). The summed E-state index contributed by atoms with van der Waals surface area (Å²) in [5.41, 5.74) is 0. The van der Waals surface area contributed by atoms with Crippen molar-refractivity contribution in [1.29, 1.82) is 0 Å². The molecule has 0 radical (unpaired) electrons. The largest absolute Gasteiger partial charge is 0.469 e. The number of halogens is 5. The van der Waals surface area contributed by atoms with Gasteiger partial charge in [-0.15, -0.1) is 0 Å². The highest BCUT2D eigenvalue weighted by molar-refractivity contribution is 5.84. The maximum atomic E-state index is 12.7. The van der Waals surface area contributed by atoms with Crippen LogP contribution in [-0.2, 0) is 14.3 Å². The van der Waals surface area contributed by atoms with Crippen LogP contribution in [0.25, 0.3) is 0 Å². The fourth-order valence-corrected chi connectivity index (χ4v) is 1.13. The second kappa shape index (κ2) is 5.49. The van der Waals surface area contributed by atoms with E-state index < -0.39 is 36.4 Å². The van der Waals surface area contributed by atoms with Gasteiger partial charge in [0, 0.05) is 13.6 Å². The average molecular weight is 277 g/mol. The lowest BCUT2D eigenvalue weighted by Gasteiger charge is -2.26. The minimum absolute atomic E-state index is 0.148. The van der Waals surface area contributed by atoms with Crippen LogP contribution in [0.4, 0.5) is 22.0 Å². The number of carbonyl (C=O) groups excluding carboxylic acids is 2. The van der Waals surface area contributed by atoms with Gasteiger partial charge in [0.25, 0.3) is 0 Å². The minimum atomic E-state index is -5.97. The van der Waals surface area contributed by atoms with Crippen LogP contribution >= 0.6 is 0 Å². The van der Waals surface area contributed by atoms with Crippen molar-refractivity contribution in [3.63, 3.8) is 0 Å². The molecule has 1 atom stereocenters. The Kier molecular flexibility index (Phi) is 5.06. The van der Waals surface area contributed by atoms with E-state index in [1.807, 2.05) is 0 Å². The first-order valence-corrected chi connectivity index (χ1v) is 4.73. The van der Waals surface area contributed by atoms with Gasteiger partial charge in [0.15, 0.2) is 0 Å². The highest BCUT2D eigenvalue weighted by Crippen LogP contribution is 2.36. The predicted molar refractivity (Wildman–Crippen MR) is 49.8 cm³/mol. The van der Waals surface area contributed by atoms with Crippen LogP contribution in [0.5, 0.6) is 0 Å². The van der Waals surface area contributed by atoms with Gasteiger partial charge in [-0.05, 0) is 0 Å². The molecule has 0 aliphatic rings. The third-order valence-electron chi connectivity index (χ3n) is 2.12. The molecule has 0 aromatic heterocycles. The standard InChI is InChI=1S/C9H12F5NO3/c1-5(6(16)18-3)4-15(2)7(17)8(10,11)9(12,13)14/h5H,4H2,1-3H3. The van der Waals surface area contributed by atoms with Crippen LogP contribution in [0.15, 0.2) is 0 Å². The molecule has 0 aromatic rings. The van der Waals surface area contributed by atoms with Crippen LogP contribution in [0, 0.1) is 5.92 Å². The molecule has 0 spiro atoms. The third-order valence-corrected chi connectivity index (χ3v) is 2.12. The molecule has 1 unspecified atom stereocenters. The normalized spacial score (nSPS) is 14.0. The summed E-state index contributed by atoms with van der Waals surface area (Å²) < 4.78 is 65.4. The van der Waals surface area contributed by atoms with Crippen LogP contribution in [0.2, 0.25) is 0 Å². The molecule has 4 nitrogen and oxygen atoms in total. The Morgan fingerprint density at radius 3 is 2.00 bits per heavy atom. The van der Waals surface area contributed by atoms with Gasteiger partial charge in [-0.2, -0.15) is 22.0 Å². The Labute approximate surface area is 99.7 Å². The Bertz CT molecular complexity index is 329. The van der Waals surface area contributed by atoms with E-state index in [2.05, 4.69) is 4.74 Å². The fraction of sp³-hybridized carbons (Fsp3) is 0.778. The van der Waals surface area contributed by atoms with Crippen molar-refractivity contribution in [2.24, 2.45) is 5.92 Å². The van der Waals surface area contributed by atoms with Crippen molar-refractivity contribution < 1.29 is 36.3 Å². The zero-order chi connectivity index (χ0) is 14.7. The summed E-state index contributed by atoms with van der Waals surface area (Å²) in [6.45, 7) is 0.637. The number of alkyl halides is 5. The molecule has 0 aromatic carbocycles. The lowest BCUT2D eigenvalue weighted by Crippen LogP contribution is -2.52. The van der Waals surface area contributed by atoms with Gasteiger partial charge in [0.2, 0.25) is 0 Å². The lowest BCUT2D eigenvalue weighted by molar-refractivity contribution is -0.274. The third kappa shape index (κ3) is 3.54. The van der Waals surface area contributed by atoms with Crippen molar-refractivity contribution >= 4 is 11.9 Å². The Balaban J connectivity index is 4.77. The summed E-state index contributed by atoms with van der Waals surface area (Å²) in [5, 5.41) is 0. The second-order valence-corrected chi connectivity index (χ2v) is 3.68. The molecule has 0 heterocycles. The van der Waals surface area contributed by atoms with Crippen molar-refractivity contribution in [2.75, 3.05) is 20.7 Å².